The van der Waals surface area contributed by atoms with Crippen molar-refractivity contribution in [3.63, 3.8) is 0 Å². The summed E-state index contributed by atoms with van der Waals surface area (Å²) < 4.78 is 0. The minimum Gasteiger partial charge on any atom is -0.353 e. The van der Waals surface area contributed by atoms with Gasteiger partial charge in [0.25, 0.3) is 0 Å². The Kier molecular flexibility index (Phi) is 4.28. The fourth-order valence-electron chi connectivity index (χ4n) is 3.39. The molecule has 2 bridgehead atoms. The zero-order valence-electron chi connectivity index (χ0n) is 12.1. The SMILES string of the molecule is CC(C)NC(=O)C(C)NC1CC2CCC(C1)N2C. The molecule has 2 rings (SSSR count). The van der Waals surface area contributed by atoms with Gasteiger partial charge in [-0.25, -0.2) is 0 Å². The van der Waals surface area contributed by atoms with Crippen molar-refractivity contribution in [2.45, 2.75) is 76.7 Å². The van der Waals surface area contributed by atoms with Crippen molar-refractivity contribution in [2.24, 2.45) is 0 Å². The van der Waals surface area contributed by atoms with Gasteiger partial charge in [0.05, 0.1) is 6.04 Å². The van der Waals surface area contributed by atoms with E-state index in [0.717, 1.165) is 12.1 Å². The molecule has 2 saturated heterocycles. The first-order valence-corrected chi connectivity index (χ1v) is 7.25. The maximum absolute atomic E-state index is 11.9. The lowest BCUT2D eigenvalue weighted by Crippen LogP contribution is -2.53. The second-order valence-electron chi connectivity index (χ2n) is 6.27. The van der Waals surface area contributed by atoms with E-state index in [2.05, 4.69) is 22.6 Å². The highest BCUT2D eigenvalue weighted by Gasteiger charge is 2.38. The van der Waals surface area contributed by atoms with Gasteiger partial charge in [-0.2, -0.15) is 0 Å². The molecule has 4 nitrogen and oxygen atoms in total. The Morgan fingerprint density at radius 3 is 2.22 bits per heavy atom. The third-order valence-electron chi connectivity index (χ3n) is 4.41. The molecule has 0 spiro atoms. The van der Waals surface area contributed by atoms with E-state index in [-0.39, 0.29) is 18.0 Å². The fraction of sp³-hybridized carbons (Fsp3) is 0.929. The Labute approximate surface area is 110 Å². The van der Waals surface area contributed by atoms with Gasteiger partial charge < -0.3 is 15.5 Å². The van der Waals surface area contributed by atoms with Crippen molar-refractivity contribution < 1.29 is 4.79 Å². The van der Waals surface area contributed by atoms with Gasteiger partial charge in [-0.05, 0) is 53.5 Å². The van der Waals surface area contributed by atoms with Crippen LogP contribution < -0.4 is 10.6 Å². The van der Waals surface area contributed by atoms with Crippen molar-refractivity contribution in [1.29, 1.82) is 0 Å². The van der Waals surface area contributed by atoms with E-state index in [9.17, 15) is 4.79 Å². The summed E-state index contributed by atoms with van der Waals surface area (Å²) in [6.07, 6.45) is 5.02. The number of nitrogens with one attached hydrogen (secondary N) is 2. The van der Waals surface area contributed by atoms with E-state index in [0.29, 0.717) is 6.04 Å². The first kappa shape index (κ1) is 13.8. The van der Waals surface area contributed by atoms with Crippen LogP contribution in [-0.4, -0.2) is 48.1 Å². The van der Waals surface area contributed by atoms with Crippen LogP contribution in [0.4, 0.5) is 0 Å². The number of hydrogen-bond donors (Lipinski definition) is 2. The summed E-state index contributed by atoms with van der Waals surface area (Å²) in [5, 5.41) is 6.47. The second-order valence-corrected chi connectivity index (χ2v) is 6.27. The van der Waals surface area contributed by atoms with Gasteiger partial charge in [0.15, 0.2) is 0 Å². The van der Waals surface area contributed by atoms with Crippen LogP contribution >= 0.6 is 0 Å². The van der Waals surface area contributed by atoms with E-state index in [4.69, 9.17) is 0 Å². The first-order chi connectivity index (χ1) is 8.47. The molecule has 0 saturated carbocycles. The van der Waals surface area contributed by atoms with Gasteiger partial charge in [-0.1, -0.05) is 0 Å². The summed E-state index contributed by atoms with van der Waals surface area (Å²) in [5.41, 5.74) is 0. The molecule has 0 aromatic rings. The molecule has 3 unspecified atom stereocenters. The molecule has 18 heavy (non-hydrogen) atoms. The van der Waals surface area contributed by atoms with E-state index in [1.54, 1.807) is 0 Å². The molecule has 2 N–H and O–H groups in total. The van der Waals surface area contributed by atoms with E-state index in [1.807, 2.05) is 20.8 Å². The Hall–Kier alpha value is -0.610. The smallest absolute Gasteiger partial charge is 0.237 e. The quantitative estimate of drug-likeness (QED) is 0.789. The zero-order chi connectivity index (χ0) is 13.3. The van der Waals surface area contributed by atoms with Crippen molar-refractivity contribution in [3.8, 4) is 0 Å². The van der Waals surface area contributed by atoms with Crippen LogP contribution in [0.3, 0.4) is 0 Å². The Morgan fingerprint density at radius 1 is 1.17 bits per heavy atom. The Morgan fingerprint density at radius 2 is 1.72 bits per heavy atom. The lowest BCUT2D eigenvalue weighted by Gasteiger charge is -2.37. The van der Waals surface area contributed by atoms with Crippen LogP contribution in [0, 0.1) is 0 Å². The largest absolute Gasteiger partial charge is 0.353 e. The molecule has 0 aromatic heterocycles. The van der Waals surface area contributed by atoms with E-state index >= 15 is 0 Å². The Bertz CT molecular complexity index is 291. The number of amides is 1. The highest BCUT2D eigenvalue weighted by molar-refractivity contribution is 5.81. The minimum absolute atomic E-state index is 0.0831. The average molecular weight is 253 g/mol. The molecule has 0 aromatic carbocycles. The topological polar surface area (TPSA) is 44.4 Å². The average Bonchev–Trinajstić information content (AvgIpc) is 2.51. The van der Waals surface area contributed by atoms with E-state index in [1.165, 1.54) is 25.7 Å². The lowest BCUT2D eigenvalue weighted by atomic mass is 9.97. The number of nitrogens with zero attached hydrogens (tertiary/aromatic N) is 1. The monoisotopic (exact) mass is 253 g/mol. The van der Waals surface area contributed by atoms with Crippen LogP contribution in [-0.2, 0) is 4.79 Å². The minimum atomic E-state index is -0.0831. The Balaban J connectivity index is 1.82. The summed E-state index contributed by atoms with van der Waals surface area (Å²) in [6.45, 7) is 5.97. The first-order valence-electron chi connectivity index (χ1n) is 7.25. The molecule has 1 amide bonds. The van der Waals surface area contributed by atoms with Gasteiger partial charge in [-0.15, -0.1) is 0 Å². The molecule has 2 heterocycles. The van der Waals surface area contributed by atoms with Crippen LogP contribution in [0.5, 0.6) is 0 Å². The van der Waals surface area contributed by atoms with Crippen LogP contribution in [0.2, 0.25) is 0 Å². The lowest BCUT2D eigenvalue weighted by molar-refractivity contribution is -0.123. The molecule has 0 aliphatic carbocycles. The number of rotatable bonds is 4. The maximum atomic E-state index is 11.9. The van der Waals surface area contributed by atoms with Crippen LogP contribution in [0.1, 0.15) is 46.5 Å². The summed E-state index contributed by atoms with van der Waals surface area (Å²) in [5.74, 6) is 0.122. The second kappa shape index (κ2) is 5.57. The summed E-state index contributed by atoms with van der Waals surface area (Å²) in [7, 11) is 2.24. The highest BCUT2D eigenvalue weighted by atomic mass is 16.2. The fourth-order valence-corrected chi connectivity index (χ4v) is 3.39. The van der Waals surface area contributed by atoms with Gasteiger partial charge in [0, 0.05) is 24.2 Å². The molecule has 2 aliphatic rings. The predicted octanol–water partition coefficient (Wildman–Crippen LogP) is 1.11. The molecule has 0 radical (unpaired) electrons. The van der Waals surface area contributed by atoms with Gasteiger partial charge in [0.2, 0.25) is 5.91 Å². The number of fused-ring (bicyclic) bond motifs is 2. The van der Waals surface area contributed by atoms with Gasteiger partial charge in [-0.3, -0.25) is 4.79 Å². The van der Waals surface area contributed by atoms with Gasteiger partial charge in [0.1, 0.15) is 0 Å². The molecule has 2 aliphatic heterocycles. The van der Waals surface area contributed by atoms with Crippen molar-refractivity contribution in [3.05, 3.63) is 0 Å². The van der Waals surface area contributed by atoms with Gasteiger partial charge >= 0.3 is 0 Å². The molecule has 4 heteroatoms. The standard InChI is InChI=1S/C14H27N3O/c1-9(2)15-14(18)10(3)16-11-7-12-5-6-13(8-11)17(12)4/h9-13,16H,5-8H2,1-4H3,(H,15,18). The number of carbonyl (C=O) groups excluding carboxylic acids is 1. The van der Waals surface area contributed by atoms with Crippen molar-refractivity contribution in [1.82, 2.24) is 15.5 Å². The third kappa shape index (κ3) is 3.04. The number of hydrogen-bond acceptors (Lipinski definition) is 3. The molecule has 3 atom stereocenters. The normalized spacial score (nSPS) is 33.7. The number of piperidine rings is 1. The molecule has 104 valence electrons. The molecule has 2 fully saturated rings. The number of carbonyl (C=O) groups is 1. The zero-order valence-corrected chi connectivity index (χ0v) is 12.1. The maximum Gasteiger partial charge on any atom is 0.237 e. The predicted molar refractivity (Wildman–Crippen MR) is 73.5 cm³/mol. The summed E-state index contributed by atoms with van der Waals surface area (Å²) in [4.78, 5) is 14.4. The molecular weight excluding hydrogens is 226 g/mol. The highest BCUT2D eigenvalue weighted by Crippen LogP contribution is 2.34. The van der Waals surface area contributed by atoms with Crippen LogP contribution in [0.15, 0.2) is 0 Å². The van der Waals surface area contributed by atoms with Crippen LogP contribution in [0.25, 0.3) is 0 Å². The molecular formula is C14H27N3O. The van der Waals surface area contributed by atoms with E-state index < -0.39 is 0 Å². The summed E-state index contributed by atoms with van der Waals surface area (Å²) in [6, 6.07) is 2.09. The third-order valence-corrected chi connectivity index (χ3v) is 4.41. The van der Waals surface area contributed by atoms with Crippen molar-refractivity contribution in [2.75, 3.05) is 7.05 Å². The summed E-state index contributed by atoms with van der Waals surface area (Å²) >= 11 is 0. The van der Waals surface area contributed by atoms with Crippen molar-refractivity contribution >= 4 is 5.91 Å².